The van der Waals surface area contributed by atoms with Crippen molar-refractivity contribution in [2.24, 2.45) is 11.8 Å². The normalized spacial score (nSPS) is 23.7. The summed E-state index contributed by atoms with van der Waals surface area (Å²) in [5.41, 5.74) is 0.566. The molecule has 1 aromatic carbocycles. The van der Waals surface area contributed by atoms with Gasteiger partial charge in [0, 0.05) is 18.4 Å². The monoisotopic (exact) mass is 386 g/mol. The summed E-state index contributed by atoms with van der Waals surface area (Å²) in [6, 6.07) is 7.84. The van der Waals surface area contributed by atoms with Crippen molar-refractivity contribution >= 4 is 17.8 Å². The number of hydrogen-bond acceptors (Lipinski definition) is 3. The van der Waals surface area contributed by atoms with Crippen LogP contribution in [0, 0.1) is 11.8 Å². The number of carboxylic acids is 1. The van der Waals surface area contributed by atoms with E-state index in [0.717, 1.165) is 25.7 Å². The Morgan fingerprint density at radius 2 is 1.61 bits per heavy atom. The highest BCUT2D eigenvalue weighted by Crippen LogP contribution is 2.29. The maximum absolute atomic E-state index is 12.6. The second-order valence-corrected chi connectivity index (χ2v) is 8.16. The maximum atomic E-state index is 12.6. The van der Waals surface area contributed by atoms with Crippen LogP contribution in [0.2, 0.25) is 0 Å². The molecule has 2 fully saturated rings. The predicted molar refractivity (Wildman–Crippen MR) is 105 cm³/mol. The van der Waals surface area contributed by atoms with Gasteiger partial charge in [0.2, 0.25) is 11.8 Å². The molecule has 0 aromatic heterocycles. The van der Waals surface area contributed by atoms with Gasteiger partial charge in [0.15, 0.2) is 6.04 Å². The van der Waals surface area contributed by atoms with E-state index in [4.69, 9.17) is 0 Å². The smallest absolute Gasteiger partial charge is 0.330 e. The van der Waals surface area contributed by atoms with Gasteiger partial charge in [-0.1, -0.05) is 43.2 Å². The topological polar surface area (TPSA) is 95.5 Å². The Balaban J connectivity index is 1.45. The molecule has 28 heavy (non-hydrogen) atoms. The van der Waals surface area contributed by atoms with E-state index in [-0.39, 0.29) is 23.8 Å². The molecule has 2 aliphatic rings. The molecule has 0 bridgehead atoms. The average Bonchev–Trinajstić information content (AvgIpc) is 3.19. The van der Waals surface area contributed by atoms with E-state index in [1.54, 1.807) is 24.3 Å². The van der Waals surface area contributed by atoms with Crippen LogP contribution < -0.4 is 10.6 Å². The van der Waals surface area contributed by atoms with E-state index in [0.29, 0.717) is 30.7 Å². The molecule has 1 aromatic rings. The molecule has 0 unspecified atom stereocenters. The minimum absolute atomic E-state index is 0.127. The Morgan fingerprint density at radius 1 is 0.964 bits per heavy atom. The van der Waals surface area contributed by atoms with E-state index in [1.165, 1.54) is 12.8 Å². The van der Waals surface area contributed by atoms with Crippen LogP contribution in [0.25, 0.3) is 0 Å². The fourth-order valence-electron chi connectivity index (χ4n) is 4.46. The van der Waals surface area contributed by atoms with Gasteiger partial charge < -0.3 is 15.7 Å². The molecule has 0 heterocycles. The van der Waals surface area contributed by atoms with E-state index >= 15 is 0 Å². The largest absolute Gasteiger partial charge is 0.479 e. The first-order chi connectivity index (χ1) is 13.5. The molecule has 0 saturated heterocycles. The molecule has 2 aliphatic carbocycles. The Hall–Kier alpha value is -2.37. The minimum atomic E-state index is -1.06. The Bertz CT molecular complexity index is 677. The molecule has 1 atom stereocenters. The zero-order chi connectivity index (χ0) is 19.9. The molecule has 152 valence electrons. The van der Waals surface area contributed by atoms with Crippen molar-refractivity contribution in [3.8, 4) is 0 Å². The van der Waals surface area contributed by atoms with Crippen molar-refractivity contribution < 1.29 is 19.5 Å². The van der Waals surface area contributed by atoms with Gasteiger partial charge in [0.05, 0.1) is 0 Å². The second-order valence-electron chi connectivity index (χ2n) is 8.16. The summed E-state index contributed by atoms with van der Waals surface area (Å²) in [6.07, 6.45) is 8.27. The highest BCUT2D eigenvalue weighted by Gasteiger charge is 2.30. The highest BCUT2D eigenvalue weighted by atomic mass is 16.4. The number of hydrogen-bond donors (Lipinski definition) is 3. The van der Waals surface area contributed by atoms with Gasteiger partial charge in [-0.25, -0.2) is 4.79 Å². The summed E-state index contributed by atoms with van der Waals surface area (Å²) in [5, 5.41) is 15.3. The standard InChI is InChI=1S/C22H30N2O4/c25-19(14-15-6-4-5-7-15)23-18-12-10-17(11-13-18)21(26)24-20(22(27)28)16-8-2-1-3-9-16/h1-3,8-9,15,17-18,20H,4-7,10-14H2,(H,23,25)(H,24,26)(H,27,28)/t17?,18?,20-/m0/s1. The minimum Gasteiger partial charge on any atom is -0.479 e. The SMILES string of the molecule is O=C(CC1CCCC1)NC1CCC(C(=O)N[C@H](C(=O)O)c2ccccc2)CC1. The summed E-state index contributed by atoms with van der Waals surface area (Å²) in [7, 11) is 0. The average molecular weight is 386 g/mol. The number of aliphatic carboxylic acids is 1. The third-order valence-corrected chi connectivity index (χ3v) is 6.08. The van der Waals surface area contributed by atoms with Gasteiger partial charge in [-0.3, -0.25) is 9.59 Å². The Kier molecular flexibility index (Phi) is 7.06. The van der Waals surface area contributed by atoms with E-state index < -0.39 is 12.0 Å². The summed E-state index contributed by atoms with van der Waals surface area (Å²) >= 11 is 0. The van der Waals surface area contributed by atoms with Crippen LogP contribution in [-0.4, -0.2) is 28.9 Å². The van der Waals surface area contributed by atoms with E-state index in [2.05, 4.69) is 10.6 Å². The number of carbonyl (C=O) groups excluding carboxylic acids is 2. The molecule has 0 aliphatic heterocycles. The van der Waals surface area contributed by atoms with Gasteiger partial charge in [-0.2, -0.15) is 0 Å². The van der Waals surface area contributed by atoms with Crippen LogP contribution in [0.4, 0.5) is 0 Å². The van der Waals surface area contributed by atoms with Crippen molar-refractivity contribution in [3.05, 3.63) is 35.9 Å². The van der Waals surface area contributed by atoms with Crippen LogP contribution in [0.15, 0.2) is 30.3 Å². The summed E-state index contributed by atoms with van der Waals surface area (Å²) in [5.74, 6) is -0.809. The molecule has 2 amide bonds. The van der Waals surface area contributed by atoms with Gasteiger partial charge in [-0.15, -0.1) is 0 Å². The maximum Gasteiger partial charge on any atom is 0.330 e. The molecule has 2 saturated carbocycles. The van der Waals surface area contributed by atoms with E-state index in [1.807, 2.05) is 6.07 Å². The number of nitrogens with one attached hydrogen (secondary N) is 2. The van der Waals surface area contributed by atoms with Crippen LogP contribution in [0.1, 0.15) is 69.4 Å². The molecular formula is C22H30N2O4. The number of carboxylic acid groups (broad SMARTS) is 1. The number of amides is 2. The lowest BCUT2D eigenvalue weighted by molar-refractivity contribution is -0.143. The lowest BCUT2D eigenvalue weighted by Crippen LogP contribution is -2.43. The first-order valence-corrected chi connectivity index (χ1v) is 10.4. The second kappa shape index (κ2) is 9.71. The molecule has 0 radical (unpaired) electrons. The molecular weight excluding hydrogens is 356 g/mol. The molecule has 3 rings (SSSR count). The third-order valence-electron chi connectivity index (χ3n) is 6.08. The Morgan fingerprint density at radius 3 is 2.21 bits per heavy atom. The van der Waals surface area contributed by atoms with Gasteiger partial charge >= 0.3 is 5.97 Å². The van der Waals surface area contributed by atoms with Crippen molar-refractivity contribution in [2.75, 3.05) is 0 Å². The van der Waals surface area contributed by atoms with Gasteiger partial charge in [0.1, 0.15) is 0 Å². The van der Waals surface area contributed by atoms with E-state index in [9.17, 15) is 19.5 Å². The molecule has 0 spiro atoms. The first-order valence-electron chi connectivity index (χ1n) is 10.4. The molecule has 6 nitrogen and oxygen atoms in total. The fraction of sp³-hybridized carbons (Fsp3) is 0.591. The summed E-state index contributed by atoms with van der Waals surface area (Å²) < 4.78 is 0. The lowest BCUT2D eigenvalue weighted by Gasteiger charge is -2.29. The first kappa shape index (κ1) is 20.4. The zero-order valence-corrected chi connectivity index (χ0v) is 16.2. The predicted octanol–water partition coefficient (Wildman–Crippen LogP) is 3.18. The third kappa shape index (κ3) is 5.57. The number of benzene rings is 1. The number of rotatable bonds is 7. The van der Waals surface area contributed by atoms with Crippen molar-refractivity contribution in [3.63, 3.8) is 0 Å². The van der Waals surface area contributed by atoms with Gasteiger partial charge in [0.25, 0.3) is 0 Å². The van der Waals surface area contributed by atoms with Crippen LogP contribution >= 0.6 is 0 Å². The zero-order valence-electron chi connectivity index (χ0n) is 16.2. The van der Waals surface area contributed by atoms with Crippen LogP contribution in [0.5, 0.6) is 0 Å². The quantitative estimate of drug-likeness (QED) is 0.671. The molecule has 3 N–H and O–H groups in total. The number of carbonyl (C=O) groups is 3. The summed E-state index contributed by atoms with van der Waals surface area (Å²) in [4.78, 5) is 36.4. The van der Waals surface area contributed by atoms with Crippen molar-refractivity contribution in [1.29, 1.82) is 0 Å². The van der Waals surface area contributed by atoms with Crippen LogP contribution in [0.3, 0.4) is 0 Å². The molecule has 6 heteroatoms. The Labute approximate surface area is 166 Å². The fourth-order valence-corrected chi connectivity index (χ4v) is 4.46. The van der Waals surface area contributed by atoms with Crippen molar-refractivity contribution in [1.82, 2.24) is 10.6 Å². The summed E-state index contributed by atoms with van der Waals surface area (Å²) in [6.45, 7) is 0. The van der Waals surface area contributed by atoms with Crippen molar-refractivity contribution in [2.45, 2.75) is 69.9 Å². The van der Waals surface area contributed by atoms with Crippen LogP contribution in [-0.2, 0) is 14.4 Å². The lowest BCUT2D eigenvalue weighted by atomic mass is 9.85. The highest BCUT2D eigenvalue weighted by molar-refractivity contribution is 5.86. The van der Waals surface area contributed by atoms with Gasteiger partial charge in [-0.05, 0) is 50.0 Å².